The predicted molar refractivity (Wildman–Crippen MR) is 93.4 cm³/mol. The molecule has 1 atom stereocenters. The van der Waals surface area contributed by atoms with Crippen LogP contribution in [0.1, 0.15) is 12.5 Å². The van der Waals surface area contributed by atoms with Gasteiger partial charge >= 0.3 is 0 Å². The minimum atomic E-state index is -0.395. The molecule has 2 amide bonds. The molecule has 2 rings (SSSR count). The molecule has 0 aliphatic carbocycles. The maximum Gasteiger partial charge on any atom is 0.233 e. The Labute approximate surface area is 146 Å². The molecule has 0 spiro atoms. The van der Waals surface area contributed by atoms with E-state index in [1.165, 1.54) is 34.9 Å². The van der Waals surface area contributed by atoms with Crippen molar-refractivity contribution in [2.24, 2.45) is 5.73 Å². The van der Waals surface area contributed by atoms with Crippen LogP contribution in [0.15, 0.2) is 39.0 Å². The first-order chi connectivity index (χ1) is 11.0. The third-order valence-corrected chi connectivity index (χ3v) is 5.95. The fraction of sp³-hybridized carbons (Fsp3) is 0.286. The molecule has 9 heteroatoms. The van der Waals surface area contributed by atoms with E-state index in [1.54, 1.807) is 0 Å². The number of primary amides is 1. The van der Waals surface area contributed by atoms with E-state index in [0.29, 0.717) is 15.2 Å². The van der Waals surface area contributed by atoms with Gasteiger partial charge in [-0.25, -0.2) is 0 Å². The second-order valence-corrected chi connectivity index (χ2v) is 8.34. The molecule has 0 bridgehead atoms. The number of nitrogens with two attached hydrogens (primary N) is 1. The molecule has 0 saturated heterocycles. The van der Waals surface area contributed by atoms with Gasteiger partial charge < -0.3 is 11.1 Å². The number of benzene rings is 1. The van der Waals surface area contributed by atoms with Crippen molar-refractivity contribution in [3.63, 3.8) is 0 Å². The Bertz CT molecular complexity index is 663. The van der Waals surface area contributed by atoms with E-state index in [9.17, 15) is 9.59 Å². The summed E-state index contributed by atoms with van der Waals surface area (Å²) < 4.78 is 1.36. The summed E-state index contributed by atoms with van der Waals surface area (Å²) in [4.78, 5) is 22.8. The molecule has 2 aromatic rings. The number of rotatable bonds is 8. The number of carbonyl (C=O) groups is 2. The number of hydrogen-bond donors (Lipinski definition) is 2. The van der Waals surface area contributed by atoms with Crippen LogP contribution in [0.2, 0.25) is 0 Å². The van der Waals surface area contributed by atoms with Crippen LogP contribution in [0.25, 0.3) is 0 Å². The van der Waals surface area contributed by atoms with Crippen molar-refractivity contribution >= 4 is 46.7 Å². The highest BCUT2D eigenvalue weighted by Crippen LogP contribution is 2.31. The number of hydrogen-bond acceptors (Lipinski definition) is 7. The first kappa shape index (κ1) is 17.8. The van der Waals surface area contributed by atoms with Crippen LogP contribution in [0.4, 0.5) is 0 Å². The highest BCUT2D eigenvalue weighted by atomic mass is 32.2. The van der Waals surface area contributed by atoms with E-state index in [1.807, 2.05) is 37.3 Å². The zero-order valence-electron chi connectivity index (χ0n) is 12.4. The van der Waals surface area contributed by atoms with Gasteiger partial charge in [0, 0.05) is 6.54 Å². The highest BCUT2D eigenvalue weighted by Gasteiger charge is 2.17. The van der Waals surface area contributed by atoms with Crippen LogP contribution >= 0.6 is 34.9 Å². The molecule has 1 heterocycles. The Kier molecular flexibility index (Phi) is 6.87. The molecule has 122 valence electrons. The second-order valence-electron chi connectivity index (χ2n) is 4.55. The summed E-state index contributed by atoms with van der Waals surface area (Å²) in [5.74, 6) is -0.277. The molecule has 23 heavy (non-hydrogen) atoms. The molecular weight excluding hydrogens is 352 g/mol. The van der Waals surface area contributed by atoms with E-state index in [0.717, 1.165) is 5.56 Å². The summed E-state index contributed by atoms with van der Waals surface area (Å²) in [6.07, 6.45) is 0. The lowest BCUT2D eigenvalue weighted by atomic mass is 10.2. The number of amides is 2. The average Bonchev–Trinajstić information content (AvgIpc) is 2.99. The number of nitrogens with zero attached hydrogens (tertiary/aromatic N) is 2. The molecule has 6 nitrogen and oxygen atoms in total. The first-order valence-corrected chi connectivity index (χ1v) is 9.45. The lowest BCUT2D eigenvalue weighted by Crippen LogP contribution is -2.30. The third-order valence-electron chi connectivity index (χ3n) is 2.68. The lowest BCUT2D eigenvalue weighted by Gasteiger charge is -2.10. The Morgan fingerprint density at radius 2 is 1.96 bits per heavy atom. The quantitative estimate of drug-likeness (QED) is 0.691. The molecule has 1 aromatic carbocycles. The number of thioether (sulfide) groups is 2. The average molecular weight is 369 g/mol. The van der Waals surface area contributed by atoms with Crippen LogP contribution < -0.4 is 11.1 Å². The van der Waals surface area contributed by atoms with Crippen molar-refractivity contribution in [2.75, 3.05) is 5.75 Å². The van der Waals surface area contributed by atoms with E-state index >= 15 is 0 Å². The van der Waals surface area contributed by atoms with Gasteiger partial charge in [-0.2, -0.15) is 0 Å². The minimum absolute atomic E-state index is 0.0552. The van der Waals surface area contributed by atoms with Crippen LogP contribution in [-0.4, -0.2) is 33.0 Å². The van der Waals surface area contributed by atoms with Crippen LogP contribution in [0, 0.1) is 0 Å². The fourth-order valence-electron chi connectivity index (χ4n) is 1.57. The third kappa shape index (κ3) is 6.20. The lowest BCUT2D eigenvalue weighted by molar-refractivity contribution is -0.120. The maximum absolute atomic E-state index is 12.1. The van der Waals surface area contributed by atoms with Gasteiger partial charge in [0.2, 0.25) is 11.8 Å². The molecule has 0 saturated carbocycles. The number of nitrogens with one attached hydrogen (secondary N) is 1. The summed E-state index contributed by atoms with van der Waals surface area (Å²) >= 11 is 3.95. The van der Waals surface area contributed by atoms with Crippen molar-refractivity contribution in [1.82, 2.24) is 15.5 Å². The molecule has 3 N–H and O–H groups in total. The van der Waals surface area contributed by atoms with Gasteiger partial charge in [-0.3, -0.25) is 9.59 Å². The monoisotopic (exact) mass is 368 g/mol. The highest BCUT2D eigenvalue weighted by molar-refractivity contribution is 8.04. The Balaban J connectivity index is 1.80. The van der Waals surface area contributed by atoms with E-state index < -0.39 is 5.91 Å². The Morgan fingerprint density at radius 3 is 2.65 bits per heavy atom. The molecule has 0 aliphatic rings. The van der Waals surface area contributed by atoms with Gasteiger partial charge in [0.1, 0.15) is 0 Å². The van der Waals surface area contributed by atoms with Gasteiger partial charge in [0.05, 0.1) is 11.0 Å². The van der Waals surface area contributed by atoms with Crippen molar-refractivity contribution < 1.29 is 9.59 Å². The zero-order chi connectivity index (χ0) is 16.7. The molecule has 0 radical (unpaired) electrons. The van der Waals surface area contributed by atoms with Crippen LogP contribution in [0.5, 0.6) is 0 Å². The largest absolute Gasteiger partial charge is 0.369 e. The van der Waals surface area contributed by atoms with Crippen molar-refractivity contribution in [3.8, 4) is 0 Å². The summed E-state index contributed by atoms with van der Waals surface area (Å²) in [7, 11) is 0. The summed E-state index contributed by atoms with van der Waals surface area (Å²) in [5.41, 5.74) is 6.14. The molecule has 1 aromatic heterocycles. The van der Waals surface area contributed by atoms with E-state index in [-0.39, 0.29) is 16.9 Å². The Morgan fingerprint density at radius 1 is 1.26 bits per heavy atom. The summed E-state index contributed by atoms with van der Waals surface area (Å²) in [5, 5.41) is 10.6. The first-order valence-electron chi connectivity index (χ1n) is 6.77. The van der Waals surface area contributed by atoms with Gasteiger partial charge in [0.15, 0.2) is 8.68 Å². The standard InChI is InChI=1S/C14H16N4O2S3/c1-9(12(20)16-7-10-5-3-2-4-6-10)22-14-18-17-13(23-14)21-8-11(15)19/h2-6,9H,7-8H2,1H3,(H2,15,19)(H,16,20)/t9-/m0/s1. The van der Waals surface area contributed by atoms with E-state index in [2.05, 4.69) is 15.5 Å². The predicted octanol–water partition coefficient (Wildman–Crippen LogP) is 1.91. The topological polar surface area (TPSA) is 98.0 Å². The van der Waals surface area contributed by atoms with Gasteiger partial charge in [-0.15, -0.1) is 10.2 Å². The summed E-state index contributed by atoms with van der Waals surface area (Å²) in [6, 6.07) is 9.74. The van der Waals surface area contributed by atoms with Crippen molar-refractivity contribution in [1.29, 1.82) is 0 Å². The van der Waals surface area contributed by atoms with Gasteiger partial charge in [-0.1, -0.05) is 65.2 Å². The second kappa shape index (κ2) is 8.90. The Hall–Kier alpha value is -1.58. The smallest absolute Gasteiger partial charge is 0.233 e. The fourth-order valence-corrected chi connectivity index (χ4v) is 4.50. The number of aromatic nitrogens is 2. The van der Waals surface area contributed by atoms with Gasteiger partial charge in [-0.05, 0) is 12.5 Å². The number of carbonyl (C=O) groups excluding carboxylic acids is 2. The van der Waals surface area contributed by atoms with Crippen molar-refractivity contribution in [3.05, 3.63) is 35.9 Å². The normalized spacial score (nSPS) is 11.9. The molecule has 0 aliphatic heterocycles. The van der Waals surface area contributed by atoms with Crippen LogP contribution in [-0.2, 0) is 16.1 Å². The molecule has 0 fully saturated rings. The SMILES string of the molecule is C[C@H](Sc1nnc(SCC(N)=O)s1)C(=O)NCc1ccccc1. The minimum Gasteiger partial charge on any atom is -0.369 e. The van der Waals surface area contributed by atoms with Gasteiger partial charge in [0.25, 0.3) is 0 Å². The van der Waals surface area contributed by atoms with Crippen LogP contribution in [0.3, 0.4) is 0 Å². The van der Waals surface area contributed by atoms with Crippen molar-refractivity contribution in [2.45, 2.75) is 27.4 Å². The molecule has 0 unspecified atom stereocenters. The summed E-state index contributed by atoms with van der Waals surface area (Å²) in [6.45, 7) is 2.32. The molecular formula is C14H16N4O2S3. The van der Waals surface area contributed by atoms with E-state index in [4.69, 9.17) is 5.73 Å². The maximum atomic E-state index is 12.1. The zero-order valence-corrected chi connectivity index (χ0v) is 14.8.